The Hall–Kier alpha value is -1.78. The monoisotopic (exact) mass is 359 g/mol. The summed E-state index contributed by atoms with van der Waals surface area (Å²) in [5, 5.41) is 0. The third kappa shape index (κ3) is 4.68. The molecule has 2 amide bonds. The Morgan fingerprint density at radius 1 is 1.19 bits per heavy atom. The number of hydrogen-bond donors (Lipinski definition) is 0. The van der Waals surface area contributed by atoms with Gasteiger partial charge in [-0.15, -0.1) is 0 Å². The van der Waals surface area contributed by atoms with Crippen LogP contribution in [0.3, 0.4) is 0 Å². The molecule has 1 aromatic rings. The van der Waals surface area contributed by atoms with Crippen molar-refractivity contribution in [2.75, 3.05) is 13.1 Å². The Morgan fingerprint density at radius 3 is 2.42 bits per heavy atom. The lowest BCUT2D eigenvalue weighted by Gasteiger charge is -2.30. The molecule has 0 aromatic carbocycles. The van der Waals surface area contributed by atoms with Crippen molar-refractivity contribution in [3.8, 4) is 0 Å². The zero-order valence-electron chi connectivity index (χ0n) is 16.5. The van der Waals surface area contributed by atoms with Gasteiger partial charge in [-0.25, -0.2) is 0 Å². The summed E-state index contributed by atoms with van der Waals surface area (Å²) in [6.45, 7) is 5.84. The lowest BCUT2D eigenvalue weighted by molar-refractivity contribution is -0.144. The van der Waals surface area contributed by atoms with Gasteiger partial charge >= 0.3 is 0 Å². The van der Waals surface area contributed by atoms with Gasteiger partial charge in [-0.3, -0.25) is 9.59 Å². The summed E-state index contributed by atoms with van der Waals surface area (Å²) in [7, 11) is 2.01. The van der Waals surface area contributed by atoms with E-state index in [4.69, 9.17) is 0 Å². The third-order valence-electron chi connectivity index (χ3n) is 5.62. The van der Waals surface area contributed by atoms with E-state index in [0.717, 1.165) is 50.8 Å². The maximum atomic E-state index is 13.1. The average Bonchev–Trinajstić information content (AvgIpc) is 3.12. The topological polar surface area (TPSA) is 45.6 Å². The first kappa shape index (κ1) is 19.0. The number of aromatic nitrogens is 1. The molecule has 2 aliphatic carbocycles. The Morgan fingerprint density at radius 2 is 1.88 bits per heavy atom. The molecule has 2 saturated carbocycles. The van der Waals surface area contributed by atoms with Crippen LogP contribution in [-0.2, 0) is 23.2 Å². The minimum absolute atomic E-state index is 0.0816. The fourth-order valence-electron chi connectivity index (χ4n) is 3.98. The second kappa shape index (κ2) is 8.28. The number of amides is 2. The summed E-state index contributed by atoms with van der Waals surface area (Å²) < 4.78 is 2.06. The molecule has 26 heavy (non-hydrogen) atoms. The molecule has 5 nitrogen and oxygen atoms in total. The molecule has 0 atom stereocenters. The fourth-order valence-corrected chi connectivity index (χ4v) is 3.98. The summed E-state index contributed by atoms with van der Waals surface area (Å²) in [5.74, 6) is 0.855. The van der Waals surface area contributed by atoms with E-state index in [-0.39, 0.29) is 24.3 Å². The summed E-state index contributed by atoms with van der Waals surface area (Å²) >= 11 is 0. The molecule has 1 aromatic heterocycles. The SMILES string of the molecule is CC(C)CN(Cc1cccn1C)C(=O)CN(C(=O)C1CCCC1)C1CC1. The summed E-state index contributed by atoms with van der Waals surface area (Å²) in [4.78, 5) is 29.9. The van der Waals surface area contributed by atoms with Crippen molar-refractivity contribution >= 4 is 11.8 Å². The predicted molar refractivity (Wildman–Crippen MR) is 102 cm³/mol. The quantitative estimate of drug-likeness (QED) is 0.715. The Labute approximate surface area is 157 Å². The number of rotatable bonds is 8. The Balaban J connectivity index is 1.68. The highest BCUT2D eigenvalue weighted by atomic mass is 16.2. The van der Waals surface area contributed by atoms with Crippen molar-refractivity contribution in [1.29, 1.82) is 0 Å². The van der Waals surface area contributed by atoms with E-state index in [1.807, 2.05) is 29.1 Å². The number of carbonyl (C=O) groups excluding carboxylic acids is 2. The van der Waals surface area contributed by atoms with Crippen LogP contribution in [0, 0.1) is 11.8 Å². The molecule has 3 rings (SSSR count). The van der Waals surface area contributed by atoms with Gasteiger partial charge in [-0.05, 0) is 43.7 Å². The highest BCUT2D eigenvalue weighted by Gasteiger charge is 2.38. The summed E-state index contributed by atoms with van der Waals surface area (Å²) in [6.07, 6.45) is 8.39. The molecule has 0 bridgehead atoms. The van der Waals surface area contributed by atoms with Gasteiger partial charge in [-0.1, -0.05) is 26.7 Å². The first-order valence-electron chi connectivity index (χ1n) is 10.1. The molecule has 0 unspecified atom stereocenters. The molecule has 0 aliphatic heterocycles. The first-order valence-corrected chi connectivity index (χ1v) is 10.1. The molecule has 5 heteroatoms. The van der Waals surface area contributed by atoms with Crippen LogP contribution in [0.15, 0.2) is 18.3 Å². The number of hydrogen-bond acceptors (Lipinski definition) is 2. The van der Waals surface area contributed by atoms with Crippen molar-refractivity contribution in [2.45, 2.75) is 65.0 Å². The van der Waals surface area contributed by atoms with Crippen LogP contribution in [0.5, 0.6) is 0 Å². The minimum atomic E-state index is 0.0816. The summed E-state index contributed by atoms with van der Waals surface area (Å²) in [5.41, 5.74) is 1.12. The molecular weight excluding hydrogens is 326 g/mol. The average molecular weight is 360 g/mol. The van der Waals surface area contributed by atoms with Crippen LogP contribution in [0.4, 0.5) is 0 Å². The van der Waals surface area contributed by atoms with Crippen LogP contribution in [-0.4, -0.2) is 45.3 Å². The third-order valence-corrected chi connectivity index (χ3v) is 5.62. The second-order valence-electron chi connectivity index (χ2n) is 8.46. The second-order valence-corrected chi connectivity index (χ2v) is 8.46. The largest absolute Gasteiger partial charge is 0.353 e. The van der Waals surface area contributed by atoms with E-state index < -0.39 is 0 Å². The fraction of sp³-hybridized carbons (Fsp3) is 0.714. The van der Waals surface area contributed by atoms with Crippen LogP contribution in [0.2, 0.25) is 0 Å². The number of nitrogens with zero attached hydrogens (tertiary/aromatic N) is 3. The van der Waals surface area contributed by atoms with Gasteiger partial charge in [0.25, 0.3) is 0 Å². The minimum Gasteiger partial charge on any atom is -0.353 e. The molecule has 1 heterocycles. The lowest BCUT2D eigenvalue weighted by atomic mass is 10.1. The van der Waals surface area contributed by atoms with Crippen molar-refractivity contribution in [1.82, 2.24) is 14.4 Å². The van der Waals surface area contributed by atoms with E-state index in [9.17, 15) is 9.59 Å². The van der Waals surface area contributed by atoms with Gasteiger partial charge in [-0.2, -0.15) is 0 Å². The van der Waals surface area contributed by atoms with Crippen LogP contribution >= 0.6 is 0 Å². The number of aryl methyl sites for hydroxylation is 1. The van der Waals surface area contributed by atoms with E-state index >= 15 is 0 Å². The highest BCUT2D eigenvalue weighted by Crippen LogP contribution is 2.33. The zero-order valence-corrected chi connectivity index (χ0v) is 16.5. The van der Waals surface area contributed by atoms with Gasteiger partial charge in [0.1, 0.15) is 6.54 Å². The number of carbonyl (C=O) groups is 2. The van der Waals surface area contributed by atoms with E-state index in [0.29, 0.717) is 18.5 Å². The van der Waals surface area contributed by atoms with Crippen LogP contribution in [0.1, 0.15) is 58.1 Å². The van der Waals surface area contributed by atoms with Gasteiger partial charge in [0.15, 0.2) is 0 Å². The van der Waals surface area contributed by atoms with Crippen molar-refractivity contribution < 1.29 is 9.59 Å². The summed E-state index contributed by atoms with van der Waals surface area (Å²) in [6, 6.07) is 4.36. The zero-order chi connectivity index (χ0) is 18.7. The molecule has 0 N–H and O–H groups in total. The molecule has 0 saturated heterocycles. The predicted octanol–water partition coefficient (Wildman–Crippen LogP) is 3.19. The normalized spacial score (nSPS) is 17.7. The van der Waals surface area contributed by atoms with E-state index in [1.54, 1.807) is 0 Å². The molecule has 0 radical (unpaired) electrons. The van der Waals surface area contributed by atoms with Crippen molar-refractivity contribution in [3.63, 3.8) is 0 Å². The van der Waals surface area contributed by atoms with Gasteiger partial charge < -0.3 is 14.4 Å². The van der Waals surface area contributed by atoms with Gasteiger partial charge in [0, 0.05) is 37.4 Å². The van der Waals surface area contributed by atoms with Gasteiger partial charge in [0.2, 0.25) is 11.8 Å². The molecule has 144 valence electrons. The maximum absolute atomic E-state index is 13.1. The van der Waals surface area contributed by atoms with E-state index in [2.05, 4.69) is 24.5 Å². The lowest BCUT2D eigenvalue weighted by Crippen LogP contribution is -2.46. The molecule has 0 spiro atoms. The smallest absolute Gasteiger partial charge is 0.242 e. The van der Waals surface area contributed by atoms with Gasteiger partial charge in [0.05, 0.1) is 6.54 Å². The Bertz CT molecular complexity index is 627. The van der Waals surface area contributed by atoms with Crippen LogP contribution in [0.25, 0.3) is 0 Å². The highest BCUT2D eigenvalue weighted by molar-refractivity contribution is 5.86. The maximum Gasteiger partial charge on any atom is 0.242 e. The standard InChI is InChI=1S/C21H33N3O2/c1-16(2)13-23(14-19-9-6-12-22(19)3)20(25)15-24(18-10-11-18)21(26)17-7-4-5-8-17/h6,9,12,16-18H,4-5,7-8,10-11,13-15H2,1-3H3. The van der Waals surface area contributed by atoms with Crippen LogP contribution < -0.4 is 0 Å². The van der Waals surface area contributed by atoms with E-state index in [1.165, 1.54) is 0 Å². The van der Waals surface area contributed by atoms with Crippen molar-refractivity contribution in [2.24, 2.45) is 18.9 Å². The Kier molecular flexibility index (Phi) is 6.05. The molecule has 2 aliphatic rings. The molecular formula is C21H33N3O2. The first-order chi connectivity index (χ1) is 12.5. The molecule has 2 fully saturated rings. The van der Waals surface area contributed by atoms with Crippen molar-refractivity contribution in [3.05, 3.63) is 24.0 Å².